The van der Waals surface area contributed by atoms with Gasteiger partial charge in [0.25, 0.3) is 0 Å². The molecule has 3 rings (SSSR count). The first-order valence-electron chi connectivity index (χ1n) is 10.6. The van der Waals surface area contributed by atoms with Crippen LogP contribution < -0.4 is 15.4 Å². The van der Waals surface area contributed by atoms with Crippen LogP contribution in [0.15, 0.2) is 40.7 Å². The molecule has 1 fully saturated rings. The second-order valence-corrected chi connectivity index (χ2v) is 9.05. The molecule has 1 unspecified atom stereocenters. The Labute approximate surface area is 210 Å². The van der Waals surface area contributed by atoms with Crippen LogP contribution in [-0.2, 0) is 11.2 Å². The van der Waals surface area contributed by atoms with E-state index in [0.29, 0.717) is 30.8 Å². The van der Waals surface area contributed by atoms with Crippen LogP contribution in [-0.4, -0.2) is 50.6 Å². The second-order valence-electron chi connectivity index (χ2n) is 8.02. The maximum atomic E-state index is 14.5. The standard InChI is InChI=1S/C23H31FN4O2S.HI/c1-16(18-8-9-21(20(24)13-18)30-15-17-6-7-17)27-23(26-14-22(29)28(2)3)25-11-10-19-5-4-12-31-19;/h4-5,8-9,12-13,16-17H,6-7,10-11,14-15H2,1-3H3,(H2,25,26,27);1H. The van der Waals surface area contributed by atoms with E-state index < -0.39 is 0 Å². The van der Waals surface area contributed by atoms with Crippen LogP contribution in [0.3, 0.4) is 0 Å². The van der Waals surface area contributed by atoms with E-state index in [4.69, 9.17) is 4.74 Å². The van der Waals surface area contributed by atoms with Crippen LogP contribution in [0.4, 0.5) is 4.39 Å². The number of carbonyl (C=O) groups excluding carboxylic acids is 1. The lowest BCUT2D eigenvalue weighted by Crippen LogP contribution is -2.40. The maximum absolute atomic E-state index is 14.5. The van der Waals surface area contributed by atoms with Gasteiger partial charge in [0.1, 0.15) is 6.54 Å². The molecule has 1 atom stereocenters. The van der Waals surface area contributed by atoms with Crippen molar-refractivity contribution < 1.29 is 13.9 Å². The van der Waals surface area contributed by atoms with Crippen molar-refractivity contribution in [3.8, 4) is 5.75 Å². The Morgan fingerprint density at radius 3 is 2.75 bits per heavy atom. The average Bonchev–Trinajstić information content (AvgIpc) is 3.43. The normalized spacial score (nSPS) is 14.3. The molecule has 0 saturated heterocycles. The number of nitrogens with zero attached hydrogens (tertiary/aromatic N) is 2. The molecule has 1 aromatic carbocycles. The van der Waals surface area contributed by atoms with Crippen molar-refractivity contribution in [1.29, 1.82) is 0 Å². The van der Waals surface area contributed by atoms with Gasteiger partial charge in [-0.15, -0.1) is 35.3 Å². The number of rotatable bonds is 10. The maximum Gasteiger partial charge on any atom is 0.243 e. The number of likely N-dealkylation sites (N-methyl/N-ethyl adjacent to an activating group) is 1. The van der Waals surface area contributed by atoms with E-state index in [1.807, 2.05) is 24.4 Å². The van der Waals surface area contributed by atoms with Gasteiger partial charge in [0.15, 0.2) is 17.5 Å². The summed E-state index contributed by atoms with van der Waals surface area (Å²) in [6.45, 7) is 3.23. The van der Waals surface area contributed by atoms with Crippen LogP contribution in [0.5, 0.6) is 5.75 Å². The van der Waals surface area contributed by atoms with Crippen molar-refractivity contribution in [1.82, 2.24) is 15.5 Å². The molecule has 1 heterocycles. The molecule has 6 nitrogen and oxygen atoms in total. The molecule has 176 valence electrons. The lowest BCUT2D eigenvalue weighted by molar-refractivity contribution is -0.127. The van der Waals surface area contributed by atoms with Crippen molar-refractivity contribution in [3.05, 3.63) is 52.0 Å². The van der Waals surface area contributed by atoms with Crippen LogP contribution in [0.2, 0.25) is 0 Å². The molecule has 0 aliphatic heterocycles. The van der Waals surface area contributed by atoms with Crippen molar-refractivity contribution >= 4 is 47.2 Å². The second kappa shape index (κ2) is 13.0. The Kier molecular flexibility index (Phi) is 10.7. The van der Waals surface area contributed by atoms with Gasteiger partial charge in [-0.3, -0.25) is 4.79 Å². The molecule has 2 aromatic rings. The summed E-state index contributed by atoms with van der Waals surface area (Å²) in [5.74, 6) is 0.939. The highest BCUT2D eigenvalue weighted by molar-refractivity contribution is 14.0. The van der Waals surface area contributed by atoms with Crippen molar-refractivity contribution in [2.75, 3.05) is 33.8 Å². The molecule has 1 aliphatic carbocycles. The third kappa shape index (κ3) is 8.57. The number of hydrogen-bond donors (Lipinski definition) is 2. The first-order chi connectivity index (χ1) is 14.9. The molecule has 1 aromatic heterocycles. The van der Waals surface area contributed by atoms with E-state index in [1.54, 1.807) is 31.5 Å². The van der Waals surface area contributed by atoms with Gasteiger partial charge in [-0.2, -0.15) is 0 Å². The molecule has 0 spiro atoms. The number of nitrogens with one attached hydrogen (secondary N) is 2. The van der Waals surface area contributed by atoms with Crippen molar-refractivity contribution in [3.63, 3.8) is 0 Å². The molecular weight excluding hydrogens is 542 g/mol. The molecule has 1 aliphatic rings. The number of ether oxygens (including phenoxy) is 1. The summed E-state index contributed by atoms with van der Waals surface area (Å²) in [6, 6.07) is 8.95. The molecule has 0 bridgehead atoms. The van der Waals surface area contributed by atoms with Gasteiger partial charge in [-0.1, -0.05) is 12.1 Å². The first kappa shape index (κ1) is 26.4. The number of hydrogen-bond acceptors (Lipinski definition) is 4. The fourth-order valence-corrected chi connectivity index (χ4v) is 3.59. The summed E-state index contributed by atoms with van der Waals surface area (Å²) in [5.41, 5.74) is 0.781. The monoisotopic (exact) mass is 574 g/mol. The molecule has 0 radical (unpaired) electrons. The van der Waals surface area contributed by atoms with Crippen LogP contribution in [0.25, 0.3) is 0 Å². The third-order valence-corrected chi connectivity index (χ3v) is 6.03. The number of aliphatic imine (C=N–C) groups is 1. The topological polar surface area (TPSA) is 66.0 Å². The molecule has 1 saturated carbocycles. The van der Waals surface area contributed by atoms with E-state index in [-0.39, 0.29) is 48.3 Å². The van der Waals surface area contributed by atoms with Crippen LogP contribution >= 0.6 is 35.3 Å². The zero-order valence-corrected chi connectivity index (χ0v) is 21.9. The Hall–Kier alpha value is -1.88. The summed E-state index contributed by atoms with van der Waals surface area (Å²) < 4.78 is 20.1. The summed E-state index contributed by atoms with van der Waals surface area (Å²) in [6.07, 6.45) is 3.19. The summed E-state index contributed by atoms with van der Waals surface area (Å²) in [7, 11) is 3.40. The molecule has 9 heteroatoms. The SMILES string of the molecule is CC(NC(=NCC(=O)N(C)C)NCCc1cccs1)c1ccc(OCC2CC2)c(F)c1.I. The van der Waals surface area contributed by atoms with Gasteiger partial charge in [0.2, 0.25) is 5.91 Å². The highest BCUT2D eigenvalue weighted by atomic mass is 127. The molecule has 2 N–H and O–H groups in total. The largest absolute Gasteiger partial charge is 0.490 e. The van der Waals surface area contributed by atoms with Crippen LogP contribution in [0, 0.1) is 11.7 Å². The first-order valence-corrected chi connectivity index (χ1v) is 11.5. The number of benzene rings is 1. The van der Waals surface area contributed by atoms with E-state index in [2.05, 4.69) is 21.7 Å². The molecule has 1 amide bonds. The van der Waals surface area contributed by atoms with E-state index in [0.717, 1.165) is 12.0 Å². The Balaban J connectivity index is 0.00000363. The van der Waals surface area contributed by atoms with Crippen molar-refractivity contribution in [2.45, 2.75) is 32.2 Å². The number of guanidine groups is 1. The van der Waals surface area contributed by atoms with Crippen LogP contribution in [0.1, 0.15) is 36.2 Å². The Morgan fingerprint density at radius 2 is 2.12 bits per heavy atom. The van der Waals surface area contributed by atoms with Gasteiger partial charge < -0.3 is 20.3 Å². The smallest absolute Gasteiger partial charge is 0.243 e. The Bertz CT molecular complexity index is 888. The van der Waals surface area contributed by atoms with Gasteiger partial charge in [0, 0.05) is 25.5 Å². The number of halogens is 2. The van der Waals surface area contributed by atoms with Gasteiger partial charge in [-0.25, -0.2) is 9.38 Å². The number of carbonyl (C=O) groups is 1. The van der Waals surface area contributed by atoms with Gasteiger partial charge in [-0.05, 0) is 61.2 Å². The zero-order valence-electron chi connectivity index (χ0n) is 18.8. The fourth-order valence-electron chi connectivity index (χ4n) is 2.88. The highest BCUT2D eigenvalue weighted by Gasteiger charge is 2.22. The minimum atomic E-state index is -0.362. The average molecular weight is 575 g/mol. The minimum absolute atomic E-state index is 0. The Morgan fingerprint density at radius 1 is 1.34 bits per heavy atom. The van der Waals surface area contributed by atoms with Crippen molar-refractivity contribution in [2.24, 2.45) is 10.9 Å². The van der Waals surface area contributed by atoms with E-state index in [9.17, 15) is 9.18 Å². The summed E-state index contributed by atoms with van der Waals surface area (Å²) in [4.78, 5) is 19.2. The summed E-state index contributed by atoms with van der Waals surface area (Å²) in [5, 5.41) is 8.60. The zero-order chi connectivity index (χ0) is 22.2. The quantitative estimate of drug-likeness (QED) is 0.254. The number of thiophene rings is 1. The lowest BCUT2D eigenvalue weighted by atomic mass is 10.1. The van der Waals surface area contributed by atoms with E-state index in [1.165, 1.54) is 28.7 Å². The highest BCUT2D eigenvalue weighted by Crippen LogP contribution is 2.30. The van der Waals surface area contributed by atoms with Gasteiger partial charge in [0.05, 0.1) is 12.6 Å². The fraction of sp³-hybridized carbons (Fsp3) is 0.478. The van der Waals surface area contributed by atoms with Gasteiger partial charge >= 0.3 is 0 Å². The summed E-state index contributed by atoms with van der Waals surface area (Å²) >= 11 is 1.71. The minimum Gasteiger partial charge on any atom is -0.490 e. The number of amides is 1. The molecule has 32 heavy (non-hydrogen) atoms. The predicted molar refractivity (Wildman–Crippen MR) is 139 cm³/mol. The third-order valence-electron chi connectivity index (χ3n) is 5.10. The lowest BCUT2D eigenvalue weighted by Gasteiger charge is -2.19. The predicted octanol–water partition coefficient (Wildman–Crippen LogP) is 4.22. The molecular formula is C23H32FIN4O2S. The van der Waals surface area contributed by atoms with E-state index >= 15 is 0 Å².